The molecule has 0 bridgehead atoms. The number of aryl methyl sites for hydroxylation is 1. The van der Waals surface area contributed by atoms with Crippen LogP contribution in [0.3, 0.4) is 0 Å². The lowest BCUT2D eigenvalue weighted by Crippen LogP contribution is -2.39. The molecule has 32 heavy (non-hydrogen) atoms. The fourth-order valence-electron chi connectivity index (χ4n) is 3.31. The number of benzene rings is 1. The molecule has 1 atom stereocenters. The predicted octanol–water partition coefficient (Wildman–Crippen LogP) is 3.52. The zero-order chi connectivity index (χ0) is 23.3. The van der Waals surface area contributed by atoms with Gasteiger partial charge in [0.05, 0.1) is 40.8 Å². The average Bonchev–Trinajstić information content (AvgIpc) is 3.32. The Hall–Kier alpha value is -3.74. The number of carbonyl (C=O) groups is 1. The largest absolute Gasteiger partial charge is 0.336 e. The van der Waals surface area contributed by atoms with Crippen molar-refractivity contribution in [3.63, 3.8) is 0 Å². The van der Waals surface area contributed by atoms with Crippen molar-refractivity contribution in [1.29, 1.82) is 5.26 Å². The maximum absolute atomic E-state index is 13.4. The van der Waals surface area contributed by atoms with Crippen LogP contribution in [0, 0.1) is 11.3 Å². The summed E-state index contributed by atoms with van der Waals surface area (Å²) >= 11 is 0. The Morgan fingerprint density at radius 3 is 2.47 bits per heavy atom. The molecule has 0 aliphatic rings. The highest BCUT2D eigenvalue weighted by Crippen LogP contribution is 2.25. The molecule has 1 aromatic carbocycles. The van der Waals surface area contributed by atoms with Gasteiger partial charge in [-0.05, 0) is 38.5 Å². The minimum absolute atomic E-state index is 0.187. The number of aromatic nitrogens is 5. The van der Waals surface area contributed by atoms with Gasteiger partial charge in [0.2, 0.25) is 0 Å². The molecule has 0 aliphatic carbocycles. The Balaban J connectivity index is 1.78. The topological polar surface area (TPSA) is 101 Å². The molecule has 3 rings (SSSR count). The van der Waals surface area contributed by atoms with Gasteiger partial charge >= 0.3 is 0 Å². The van der Waals surface area contributed by atoms with E-state index in [-0.39, 0.29) is 17.5 Å². The smallest absolute Gasteiger partial charge is 0.273 e. The number of amides is 1. The third kappa shape index (κ3) is 5.11. The van der Waals surface area contributed by atoms with Crippen LogP contribution in [0.2, 0.25) is 0 Å². The number of hydrogen-bond acceptors (Lipinski definition) is 6. The molecule has 0 fully saturated rings. The summed E-state index contributed by atoms with van der Waals surface area (Å²) < 4.78 is 26.7. The van der Waals surface area contributed by atoms with Crippen molar-refractivity contribution >= 4 is 5.91 Å². The lowest BCUT2D eigenvalue weighted by molar-refractivity contribution is 0.0166. The van der Waals surface area contributed by atoms with Gasteiger partial charge in [-0.2, -0.15) is 20.3 Å². The molecule has 2 aromatic heterocycles. The van der Waals surface area contributed by atoms with Crippen LogP contribution < -0.4 is 0 Å². The normalized spacial score (nSPS) is 12.2. The van der Waals surface area contributed by atoms with E-state index in [2.05, 4.69) is 26.2 Å². The van der Waals surface area contributed by atoms with Gasteiger partial charge in [0.1, 0.15) is 5.82 Å². The highest BCUT2D eigenvalue weighted by Gasteiger charge is 2.26. The molecular formula is C22H23F2N7O. The molecule has 0 aliphatic heterocycles. The summed E-state index contributed by atoms with van der Waals surface area (Å²) in [6.07, 6.45) is 6.23. The van der Waals surface area contributed by atoms with Crippen LogP contribution in [0.5, 0.6) is 0 Å². The van der Waals surface area contributed by atoms with Gasteiger partial charge in [0.15, 0.2) is 0 Å². The van der Waals surface area contributed by atoms with Crippen LogP contribution in [0.25, 0.3) is 5.69 Å². The van der Waals surface area contributed by atoms with Gasteiger partial charge in [0.25, 0.3) is 11.8 Å². The van der Waals surface area contributed by atoms with Crippen molar-refractivity contribution in [3.05, 3.63) is 65.5 Å². The van der Waals surface area contributed by atoms with E-state index in [0.29, 0.717) is 42.0 Å². The predicted molar refractivity (Wildman–Crippen MR) is 112 cm³/mol. The first-order valence-electron chi connectivity index (χ1n) is 10.2. The molecule has 1 amide bonds. The van der Waals surface area contributed by atoms with E-state index < -0.39 is 5.92 Å². The zero-order valence-electron chi connectivity index (χ0n) is 18.0. The lowest BCUT2D eigenvalue weighted by atomic mass is 10.1. The minimum atomic E-state index is -2.99. The van der Waals surface area contributed by atoms with Gasteiger partial charge in [0, 0.05) is 38.3 Å². The van der Waals surface area contributed by atoms with Gasteiger partial charge in [-0.25, -0.2) is 18.7 Å². The van der Waals surface area contributed by atoms with E-state index in [9.17, 15) is 18.8 Å². The number of rotatable bonds is 8. The first kappa shape index (κ1) is 22.9. The Morgan fingerprint density at radius 1 is 1.25 bits per heavy atom. The number of halogens is 2. The van der Waals surface area contributed by atoms with Crippen LogP contribution in [-0.4, -0.2) is 48.4 Å². The first-order valence-corrected chi connectivity index (χ1v) is 10.2. The highest BCUT2D eigenvalue weighted by molar-refractivity contribution is 5.98. The fraction of sp³-hybridized carbons (Fsp3) is 0.364. The Labute approximate surface area is 184 Å². The molecule has 10 heteroatoms. The number of nitriles is 1. The van der Waals surface area contributed by atoms with Crippen molar-refractivity contribution in [3.8, 4) is 11.8 Å². The lowest BCUT2D eigenvalue weighted by Gasteiger charge is -2.28. The Morgan fingerprint density at radius 2 is 1.91 bits per heavy atom. The molecule has 3 aromatic rings. The summed E-state index contributed by atoms with van der Waals surface area (Å²) in [5.74, 6) is -2.82. The molecule has 166 valence electrons. The molecule has 0 spiro atoms. The SMILES string of the molecule is CCN(C(=O)c1cc(C#N)ccc1-n1nccn1)[C@@H](C)CCc1ncc(C(C)(F)F)cn1. The highest BCUT2D eigenvalue weighted by atomic mass is 19.3. The van der Waals surface area contributed by atoms with Crippen molar-refractivity contribution in [2.75, 3.05) is 6.54 Å². The van der Waals surface area contributed by atoms with Crippen LogP contribution in [0.4, 0.5) is 8.78 Å². The van der Waals surface area contributed by atoms with Crippen LogP contribution >= 0.6 is 0 Å². The average molecular weight is 439 g/mol. The summed E-state index contributed by atoms with van der Waals surface area (Å²) in [5.41, 5.74) is 0.912. The van der Waals surface area contributed by atoms with E-state index in [1.54, 1.807) is 17.0 Å². The Bertz CT molecular complexity index is 1100. The van der Waals surface area contributed by atoms with Crippen LogP contribution in [-0.2, 0) is 12.3 Å². The monoisotopic (exact) mass is 439 g/mol. The van der Waals surface area contributed by atoms with E-state index in [0.717, 1.165) is 19.3 Å². The second-order valence-corrected chi connectivity index (χ2v) is 7.42. The van der Waals surface area contributed by atoms with Crippen molar-refractivity contribution < 1.29 is 13.6 Å². The quantitative estimate of drug-likeness (QED) is 0.532. The summed E-state index contributed by atoms with van der Waals surface area (Å²) in [5, 5.41) is 17.5. The van der Waals surface area contributed by atoms with E-state index in [1.807, 2.05) is 13.8 Å². The van der Waals surface area contributed by atoms with Crippen molar-refractivity contribution in [2.45, 2.75) is 45.6 Å². The summed E-state index contributed by atoms with van der Waals surface area (Å²) in [6.45, 7) is 5.00. The van der Waals surface area contributed by atoms with E-state index in [4.69, 9.17) is 0 Å². The van der Waals surface area contributed by atoms with Crippen LogP contribution in [0.1, 0.15) is 54.5 Å². The molecule has 0 saturated carbocycles. The summed E-state index contributed by atoms with van der Waals surface area (Å²) in [6, 6.07) is 6.64. The van der Waals surface area contributed by atoms with Crippen molar-refractivity contribution in [1.82, 2.24) is 29.9 Å². The van der Waals surface area contributed by atoms with Gasteiger partial charge in [-0.3, -0.25) is 4.79 Å². The minimum Gasteiger partial charge on any atom is -0.336 e. The maximum Gasteiger partial charge on any atom is 0.273 e. The van der Waals surface area contributed by atoms with Gasteiger partial charge in [-0.15, -0.1) is 0 Å². The molecule has 0 unspecified atom stereocenters. The molecular weight excluding hydrogens is 416 g/mol. The molecule has 2 heterocycles. The maximum atomic E-state index is 13.4. The third-order valence-electron chi connectivity index (χ3n) is 5.12. The van der Waals surface area contributed by atoms with E-state index in [1.165, 1.54) is 23.3 Å². The first-order chi connectivity index (χ1) is 15.2. The van der Waals surface area contributed by atoms with Gasteiger partial charge < -0.3 is 4.90 Å². The summed E-state index contributed by atoms with van der Waals surface area (Å²) in [4.78, 5) is 24.5. The van der Waals surface area contributed by atoms with E-state index >= 15 is 0 Å². The number of alkyl halides is 2. The molecule has 0 saturated heterocycles. The third-order valence-corrected chi connectivity index (χ3v) is 5.12. The number of nitrogens with zero attached hydrogens (tertiary/aromatic N) is 7. The number of hydrogen-bond donors (Lipinski definition) is 0. The van der Waals surface area contributed by atoms with Crippen molar-refractivity contribution in [2.24, 2.45) is 0 Å². The van der Waals surface area contributed by atoms with Gasteiger partial charge in [-0.1, -0.05) is 0 Å². The fourth-order valence-corrected chi connectivity index (χ4v) is 3.31. The second-order valence-electron chi connectivity index (χ2n) is 7.42. The summed E-state index contributed by atoms with van der Waals surface area (Å²) in [7, 11) is 0. The molecule has 8 nitrogen and oxygen atoms in total. The standard InChI is InChI=1S/C22H23F2N7O/c1-4-30(15(2)5-8-20-26-13-17(14-27-20)22(3,23)24)21(32)18-11-16(12-25)6-7-19(18)31-28-9-10-29-31/h6-7,9-11,13-15H,4-5,8H2,1-3H3/t15-/m0/s1. The Kier molecular flexibility index (Phi) is 6.88. The molecule has 0 radical (unpaired) electrons. The zero-order valence-corrected chi connectivity index (χ0v) is 18.0. The van der Waals surface area contributed by atoms with Crippen LogP contribution in [0.15, 0.2) is 43.0 Å². The second kappa shape index (κ2) is 9.60. The number of carbonyl (C=O) groups excluding carboxylic acids is 1. The molecule has 0 N–H and O–H groups in total.